The summed E-state index contributed by atoms with van der Waals surface area (Å²) in [7, 11) is 0. The molecule has 3 aromatic rings. The van der Waals surface area contributed by atoms with Crippen LogP contribution in [-0.4, -0.2) is 23.3 Å². The summed E-state index contributed by atoms with van der Waals surface area (Å²) in [6.45, 7) is 1.44. The zero-order chi connectivity index (χ0) is 17.1. The molecule has 0 bridgehead atoms. The molecule has 0 saturated heterocycles. The number of fused-ring (bicyclic) bond motifs is 1. The number of amides is 2. The third-order valence-corrected chi connectivity index (χ3v) is 3.70. The number of aromatic nitrogens is 1. The number of aryl methyl sites for hydroxylation is 1. The lowest BCUT2D eigenvalue weighted by Crippen LogP contribution is -2.32. The van der Waals surface area contributed by atoms with Gasteiger partial charge in [-0.05, 0) is 30.7 Å². The van der Waals surface area contributed by atoms with Gasteiger partial charge >= 0.3 is 0 Å². The van der Waals surface area contributed by atoms with Crippen molar-refractivity contribution in [3.05, 3.63) is 65.6 Å². The van der Waals surface area contributed by atoms with Gasteiger partial charge in [-0.25, -0.2) is 4.39 Å². The Kier molecular flexibility index (Phi) is 4.29. The van der Waals surface area contributed by atoms with Crippen LogP contribution in [0, 0.1) is 12.7 Å². The smallest absolute Gasteiger partial charge is 0.253 e. The largest absolute Gasteiger partial charge is 0.360 e. The van der Waals surface area contributed by atoms with E-state index in [4.69, 9.17) is 0 Å². The number of aromatic amines is 1. The van der Waals surface area contributed by atoms with Crippen molar-refractivity contribution in [3.8, 4) is 0 Å². The second kappa shape index (κ2) is 6.54. The van der Waals surface area contributed by atoms with E-state index in [1.165, 1.54) is 6.07 Å². The second-order valence-electron chi connectivity index (χ2n) is 5.44. The molecule has 2 amide bonds. The van der Waals surface area contributed by atoms with Gasteiger partial charge < -0.3 is 15.6 Å². The van der Waals surface area contributed by atoms with Gasteiger partial charge in [-0.15, -0.1) is 0 Å². The van der Waals surface area contributed by atoms with Gasteiger partial charge in [-0.2, -0.15) is 0 Å². The van der Waals surface area contributed by atoms with E-state index in [1.807, 2.05) is 24.3 Å². The number of halogens is 1. The van der Waals surface area contributed by atoms with E-state index in [0.29, 0.717) is 16.8 Å². The molecule has 6 heteroatoms. The first-order valence-electron chi connectivity index (χ1n) is 7.45. The average Bonchev–Trinajstić information content (AvgIpc) is 3.00. The molecule has 0 unspecified atom stereocenters. The van der Waals surface area contributed by atoms with Crippen molar-refractivity contribution >= 4 is 28.4 Å². The third kappa shape index (κ3) is 3.27. The van der Waals surface area contributed by atoms with E-state index in [9.17, 15) is 14.0 Å². The highest BCUT2D eigenvalue weighted by Gasteiger charge is 2.13. The first kappa shape index (κ1) is 15.7. The maximum absolute atomic E-state index is 13.5. The zero-order valence-corrected chi connectivity index (χ0v) is 13.0. The summed E-state index contributed by atoms with van der Waals surface area (Å²) in [6.07, 6.45) is 1.60. The normalized spacial score (nSPS) is 10.6. The maximum atomic E-state index is 13.5. The number of anilines is 1. The summed E-state index contributed by atoms with van der Waals surface area (Å²) in [6, 6.07) is 11.8. The van der Waals surface area contributed by atoms with Crippen LogP contribution in [0.1, 0.15) is 15.9 Å². The molecule has 3 rings (SSSR count). The predicted molar refractivity (Wildman–Crippen MR) is 90.4 cm³/mol. The number of carbonyl (C=O) groups is 2. The molecule has 122 valence electrons. The van der Waals surface area contributed by atoms with Crippen molar-refractivity contribution in [1.29, 1.82) is 0 Å². The number of carbonyl (C=O) groups excluding carboxylic acids is 2. The molecule has 5 nitrogen and oxygen atoms in total. The average molecular weight is 325 g/mol. The minimum absolute atomic E-state index is 0.201. The fraction of sp³-hybridized carbons (Fsp3) is 0.111. The topological polar surface area (TPSA) is 74.0 Å². The van der Waals surface area contributed by atoms with Crippen molar-refractivity contribution in [3.63, 3.8) is 0 Å². The Morgan fingerprint density at radius 1 is 1.17 bits per heavy atom. The van der Waals surface area contributed by atoms with E-state index in [-0.39, 0.29) is 12.5 Å². The Morgan fingerprint density at radius 3 is 2.75 bits per heavy atom. The molecule has 0 fully saturated rings. The van der Waals surface area contributed by atoms with Gasteiger partial charge in [-0.3, -0.25) is 9.59 Å². The molecule has 0 aliphatic carbocycles. The zero-order valence-electron chi connectivity index (χ0n) is 13.0. The van der Waals surface area contributed by atoms with Crippen molar-refractivity contribution in [2.45, 2.75) is 6.92 Å². The van der Waals surface area contributed by atoms with Crippen molar-refractivity contribution in [2.75, 3.05) is 11.9 Å². The van der Waals surface area contributed by atoms with Crippen LogP contribution < -0.4 is 10.6 Å². The molecule has 3 N–H and O–H groups in total. The SMILES string of the molecule is Cc1ccc(NC(=O)CNC(=O)c2c[nH]c3ccccc23)cc1F. The molecule has 1 heterocycles. The standard InChI is InChI=1S/C18H16FN3O2/c1-11-6-7-12(8-15(11)19)22-17(23)10-21-18(24)14-9-20-16-5-3-2-4-13(14)16/h2-9,20H,10H2,1H3,(H,21,24)(H,22,23). The molecule has 1 aromatic heterocycles. The van der Waals surface area contributed by atoms with E-state index in [0.717, 1.165) is 10.9 Å². The summed E-state index contributed by atoms with van der Waals surface area (Å²) >= 11 is 0. The maximum Gasteiger partial charge on any atom is 0.253 e. The Balaban J connectivity index is 1.61. The van der Waals surface area contributed by atoms with Crippen LogP contribution in [0.5, 0.6) is 0 Å². The Bertz CT molecular complexity index is 918. The highest BCUT2D eigenvalue weighted by molar-refractivity contribution is 6.08. The van der Waals surface area contributed by atoms with Gasteiger partial charge in [0.1, 0.15) is 5.82 Å². The molecule has 0 spiro atoms. The molecule has 24 heavy (non-hydrogen) atoms. The number of hydrogen-bond acceptors (Lipinski definition) is 2. The summed E-state index contributed by atoms with van der Waals surface area (Å²) in [5, 5.41) is 5.89. The lowest BCUT2D eigenvalue weighted by Gasteiger charge is -2.07. The summed E-state index contributed by atoms with van der Waals surface area (Å²) in [5.74, 6) is -1.17. The van der Waals surface area contributed by atoms with Gasteiger partial charge in [0.2, 0.25) is 5.91 Å². The molecular weight excluding hydrogens is 309 g/mol. The lowest BCUT2D eigenvalue weighted by atomic mass is 10.1. The van der Waals surface area contributed by atoms with E-state index >= 15 is 0 Å². The van der Waals surface area contributed by atoms with Crippen LogP contribution in [0.3, 0.4) is 0 Å². The van der Waals surface area contributed by atoms with E-state index < -0.39 is 11.7 Å². The number of rotatable bonds is 4. The minimum Gasteiger partial charge on any atom is -0.360 e. The van der Waals surface area contributed by atoms with Crippen LogP contribution >= 0.6 is 0 Å². The monoisotopic (exact) mass is 325 g/mol. The fourth-order valence-corrected chi connectivity index (χ4v) is 2.39. The molecule has 0 saturated carbocycles. The lowest BCUT2D eigenvalue weighted by molar-refractivity contribution is -0.115. The van der Waals surface area contributed by atoms with E-state index in [2.05, 4.69) is 15.6 Å². The third-order valence-electron chi connectivity index (χ3n) is 3.70. The number of para-hydroxylation sites is 1. The van der Waals surface area contributed by atoms with Gasteiger partial charge in [-0.1, -0.05) is 24.3 Å². The number of hydrogen-bond donors (Lipinski definition) is 3. The number of H-pyrrole nitrogens is 1. The van der Waals surface area contributed by atoms with Crippen LogP contribution in [0.2, 0.25) is 0 Å². The van der Waals surface area contributed by atoms with Crippen molar-refractivity contribution < 1.29 is 14.0 Å². The van der Waals surface area contributed by atoms with Crippen molar-refractivity contribution in [1.82, 2.24) is 10.3 Å². The Morgan fingerprint density at radius 2 is 1.96 bits per heavy atom. The van der Waals surface area contributed by atoms with Gasteiger partial charge in [0.05, 0.1) is 12.1 Å². The first-order valence-corrected chi connectivity index (χ1v) is 7.45. The minimum atomic E-state index is -0.425. The quantitative estimate of drug-likeness (QED) is 0.690. The molecule has 0 radical (unpaired) electrons. The fourth-order valence-electron chi connectivity index (χ4n) is 2.39. The summed E-state index contributed by atoms with van der Waals surface area (Å²) < 4.78 is 13.5. The van der Waals surface area contributed by atoms with E-state index in [1.54, 1.807) is 25.3 Å². The first-order chi connectivity index (χ1) is 11.5. The number of nitrogens with one attached hydrogen (secondary N) is 3. The predicted octanol–water partition coefficient (Wildman–Crippen LogP) is 2.98. The molecule has 2 aromatic carbocycles. The number of benzene rings is 2. The summed E-state index contributed by atoms with van der Waals surface area (Å²) in [5.41, 5.74) is 2.17. The highest BCUT2D eigenvalue weighted by atomic mass is 19.1. The summed E-state index contributed by atoms with van der Waals surface area (Å²) in [4.78, 5) is 27.1. The van der Waals surface area contributed by atoms with Crippen LogP contribution in [-0.2, 0) is 4.79 Å². The molecule has 0 aliphatic rings. The second-order valence-corrected chi connectivity index (χ2v) is 5.44. The highest BCUT2D eigenvalue weighted by Crippen LogP contribution is 2.17. The molecule has 0 aliphatic heterocycles. The van der Waals surface area contributed by atoms with Crippen LogP contribution in [0.4, 0.5) is 10.1 Å². The van der Waals surface area contributed by atoms with Gasteiger partial charge in [0, 0.05) is 22.8 Å². The van der Waals surface area contributed by atoms with Crippen LogP contribution in [0.25, 0.3) is 10.9 Å². The van der Waals surface area contributed by atoms with Gasteiger partial charge in [0.15, 0.2) is 0 Å². The Hall–Kier alpha value is -3.15. The van der Waals surface area contributed by atoms with Crippen molar-refractivity contribution in [2.24, 2.45) is 0 Å². The van der Waals surface area contributed by atoms with Crippen LogP contribution in [0.15, 0.2) is 48.7 Å². The van der Waals surface area contributed by atoms with Gasteiger partial charge in [0.25, 0.3) is 5.91 Å². The Labute approximate surface area is 137 Å². The molecular formula is C18H16FN3O2. The molecule has 0 atom stereocenters.